The summed E-state index contributed by atoms with van der Waals surface area (Å²) >= 11 is 0. The molecule has 1 aromatic rings. The Bertz CT molecular complexity index is 357. The van der Waals surface area contributed by atoms with E-state index in [-0.39, 0.29) is 6.61 Å². The summed E-state index contributed by atoms with van der Waals surface area (Å²) < 4.78 is 39.9. The number of nitrogens with zero attached hydrogens (tertiary/aromatic N) is 2. The molecule has 17 heavy (non-hydrogen) atoms. The molecule has 2 N–H and O–H groups in total. The van der Waals surface area contributed by atoms with Gasteiger partial charge >= 0.3 is 6.18 Å². The van der Waals surface area contributed by atoms with Gasteiger partial charge in [-0.15, -0.1) is 0 Å². The molecule has 0 aliphatic carbocycles. The summed E-state index contributed by atoms with van der Waals surface area (Å²) in [6, 6.07) is 1.69. The van der Waals surface area contributed by atoms with Crippen molar-refractivity contribution in [3.8, 4) is 0 Å². The second-order valence-corrected chi connectivity index (χ2v) is 3.52. The summed E-state index contributed by atoms with van der Waals surface area (Å²) in [5, 5.41) is 0. The van der Waals surface area contributed by atoms with Crippen LogP contribution >= 0.6 is 0 Å². The van der Waals surface area contributed by atoms with Crippen LogP contribution in [0.1, 0.15) is 0 Å². The van der Waals surface area contributed by atoms with Crippen molar-refractivity contribution in [3.05, 3.63) is 18.5 Å². The fourth-order valence-electron chi connectivity index (χ4n) is 1.26. The molecule has 0 fully saturated rings. The van der Waals surface area contributed by atoms with Gasteiger partial charge in [-0.05, 0) is 6.07 Å². The predicted molar refractivity (Wildman–Crippen MR) is 58.8 cm³/mol. The van der Waals surface area contributed by atoms with Gasteiger partial charge < -0.3 is 15.4 Å². The van der Waals surface area contributed by atoms with E-state index < -0.39 is 12.8 Å². The number of hydrogen-bond acceptors (Lipinski definition) is 4. The Balaban J connectivity index is 2.36. The van der Waals surface area contributed by atoms with Crippen LogP contribution in [0.2, 0.25) is 0 Å². The van der Waals surface area contributed by atoms with Crippen molar-refractivity contribution in [2.75, 3.05) is 37.4 Å². The molecule has 1 aromatic heterocycles. The average Bonchev–Trinajstić information content (AvgIpc) is 2.23. The number of likely N-dealkylation sites (N-methyl/N-ethyl adjacent to an activating group) is 1. The number of alkyl halides is 3. The Morgan fingerprint density at radius 1 is 1.47 bits per heavy atom. The van der Waals surface area contributed by atoms with Gasteiger partial charge in [0.2, 0.25) is 0 Å². The highest BCUT2D eigenvalue weighted by Crippen LogP contribution is 2.19. The maximum atomic E-state index is 11.8. The number of ether oxygens (including phenoxy) is 1. The number of halogens is 3. The van der Waals surface area contributed by atoms with Crippen molar-refractivity contribution < 1.29 is 17.9 Å². The SMILES string of the molecule is CN(CCOCC(F)(F)F)c1ccncc1N. The molecule has 1 rings (SSSR count). The zero-order chi connectivity index (χ0) is 12.9. The molecule has 0 saturated carbocycles. The topological polar surface area (TPSA) is 51.4 Å². The highest BCUT2D eigenvalue weighted by atomic mass is 19.4. The number of nitrogen functional groups attached to an aromatic ring is 1. The lowest BCUT2D eigenvalue weighted by Crippen LogP contribution is -2.26. The van der Waals surface area contributed by atoms with Crippen molar-refractivity contribution in [2.45, 2.75) is 6.18 Å². The minimum absolute atomic E-state index is 0.0161. The van der Waals surface area contributed by atoms with Gasteiger partial charge in [-0.1, -0.05) is 0 Å². The number of aromatic nitrogens is 1. The van der Waals surface area contributed by atoms with Crippen molar-refractivity contribution in [2.24, 2.45) is 0 Å². The first-order chi connectivity index (χ1) is 7.90. The molecule has 0 saturated heterocycles. The fourth-order valence-corrected chi connectivity index (χ4v) is 1.26. The molecule has 0 unspecified atom stereocenters. The quantitative estimate of drug-likeness (QED) is 0.807. The molecule has 0 aliphatic rings. The Hall–Kier alpha value is -1.50. The van der Waals surface area contributed by atoms with Crippen molar-refractivity contribution in [1.82, 2.24) is 4.98 Å². The molecule has 96 valence electrons. The van der Waals surface area contributed by atoms with Gasteiger partial charge in [0, 0.05) is 19.8 Å². The van der Waals surface area contributed by atoms with Crippen LogP contribution in [0, 0.1) is 0 Å². The van der Waals surface area contributed by atoms with E-state index in [0.717, 1.165) is 5.69 Å². The number of anilines is 2. The third kappa shape index (κ3) is 4.90. The number of nitrogens with two attached hydrogens (primary N) is 1. The highest BCUT2D eigenvalue weighted by molar-refractivity contribution is 5.65. The van der Waals surface area contributed by atoms with E-state index in [9.17, 15) is 13.2 Å². The summed E-state index contributed by atoms with van der Waals surface area (Å²) in [5.41, 5.74) is 6.87. The molecule has 0 amide bonds. The largest absolute Gasteiger partial charge is 0.411 e. The maximum Gasteiger partial charge on any atom is 0.411 e. The van der Waals surface area contributed by atoms with Crippen LogP contribution in [0.5, 0.6) is 0 Å². The molecular formula is C10H14F3N3O. The van der Waals surface area contributed by atoms with Gasteiger partial charge in [-0.25, -0.2) is 0 Å². The molecule has 7 heteroatoms. The van der Waals surface area contributed by atoms with Crippen LogP contribution in [-0.2, 0) is 4.74 Å². The van der Waals surface area contributed by atoms with Crippen molar-refractivity contribution in [3.63, 3.8) is 0 Å². The molecule has 0 aromatic carbocycles. The minimum Gasteiger partial charge on any atom is -0.396 e. The van der Waals surface area contributed by atoms with E-state index in [1.54, 1.807) is 24.2 Å². The summed E-state index contributed by atoms with van der Waals surface area (Å²) in [4.78, 5) is 5.54. The lowest BCUT2D eigenvalue weighted by molar-refractivity contribution is -0.173. The van der Waals surface area contributed by atoms with Gasteiger partial charge in [-0.3, -0.25) is 4.98 Å². The van der Waals surface area contributed by atoms with Crippen molar-refractivity contribution >= 4 is 11.4 Å². The fraction of sp³-hybridized carbons (Fsp3) is 0.500. The first-order valence-electron chi connectivity index (χ1n) is 4.95. The third-order valence-electron chi connectivity index (χ3n) is 2.08. The highest BCUT2D eigenvalue weighted by Gasteiger charge is 2.27. The van der Waals surface area contributed by atoms with E-state index in [4.69, 9.17) is 5.73 Å². The second-order valence-electron chi connectivity index (χ2n) is 3.52. The van der Waals surface area contributed by atoms with Crippen LogP contribution in [0.4, 0.5) is 24.5 Å². The molecule has 0 atom stereocenters. The average molecular weight is 249 g/mol. The smallest absolute Gasteiger partial charge is 0.396 e. The Morgan fingerprint density at radius 3 is 2.76 bits per heavy atom. The normalized spacial score (nSPS) is 11.5. The molecular weight excluding hydrogens is 235 g/mol. The molecule has 0 spiro atoms. The van der Waals surface area contributed by atoms with Crippen LogP contribution in [-0.4, -0.2) is 38.0 Å². The standard InChI is InChI=1S/C10H14F3N3O/c1-16(4-5-17-7-10(11,12)13)9-2-3-15-6-8(9)14/h2-3,6H,4-5,7,14H2,1H3. The first kappa shape index (κ1) is 13.6. The number of rotatable bonds is 5. The summed E-state index contributed by atoms with van der Waals surface area (Å²) in [7, 11) is 1.72. The second kappa shape index (κ2) is 5.72. The first-order valence-corrected chi connectivity index (χ1v) is 4.95. The lowest BCUT2D eigenvalue weighted by atomic mass is 10.3. The Morgan fingerprint density at radius 2 is 2.18 bits per heavy atom. The summed E-state index contributed by atoms with van der Waals surface area (Å²) in [5.74, 6) is 0. The van der Waals surface area contributed by atoms with Gasteiger partial charge in [0.05, 0.1) is 24.2 Å². The van der Waals surface area contributed by atoms with E-state index >= 15 is 0 Å². The van der Waals surface area contributed by atoms with Gasteiger partial charge in [0.15, 0.2) is 0 Å². The molecule has 0 bridgehead atoms. The Kier molecular flexibility index (Phi) is 4.56. The monoisotopic (exact) mass is 249 g/mol. The zero-order valence-electron chi connectivity index (χ0n) is 9.37. The molecule has 0 aliphatic heterocycles. The number of hydrogen-bond donors (Lipinski definition) is 1. The summed E-state index contributed by atoms with van der Waals surface area (Å²) in [6.07, 6.45) is -1.23. The van der Waals surface area contributed by atoms with E-state index in [1.165, 1.54) is 6.20 Å². The van der Waals surface area contributed by atoms with Gasteiger partial charge in [-0.2, -0.15) is 13.2 Å². The molecule has 1 heterocycles. The Labute approximate surface area is 97.2 Å². The molecule has 0 radical (unpaired) electrons. The van der Waals surface area contributed by atoms with Gasteiger partial charge in [0.1, 0.15) is 6.61 Å². The minimum atomic E-state index is -4.28. The van der Waals surface area contributed by atoms with Crippen LogP contribution in [0.15, 0.2) is 18.5 Å². The van der Waals surface area contributed by atoms with Crippen LogP contribution in [0.3, 0.4) is 0 Å². The predicted octanol–water partition coefficient (Wildman–Crippen LogP) is 1.68. The van der Waals surface area contributed by atoms with E-state index in [0.29, 0.717) is 12.2 Å². The van der Waals surface area contributed by atoms with Crippen molar-refractivity contribution in [1.29, 1.82) is 0 Å². The van der Waals surface area contributed by atoms with Gasteiger partial charge in [0.25, 0.3) is 0 Å². The maximum absolute atomic E-state index is 11.8. The third-order valence-corrected chi connectivity index (χ3v) is 2.08. The zero-order valence-corrected chi connectivity index (χ0v) is 9.37. The van der Waals surface area contributed by atoms with Crippen LogP contribution < -0.4 is 10.6 Å². The van der Waals surface area contributed by atoms with E-state index in [1.807, 2.05) is 0 Å². The lowest BCUT2D eigenvalue weighted by Gasteiger charge is -2.20. The number of pyridine rings is 1. The molecule has 4 nitrogen and oxygen atoms in total. The summed E-state index contributed by atoms with van der Waals surface area (Å²) in [6.45, 7) is -0.922. The van der Waals surface area contributed by atoms with Crippen LogP contribution in [0.25, 0.3) is 0 Å². The van der Waals surface area contributed by atoms with E-state index in [2.05, 4.69) is 9.72 Å².